The Morgan fingerprint density at radius 2 is 2.38 bits per heavy atom. The molecule has 1 rings (SSSR count). The Bertz CT molecular complexity index is 370. The topological polar surface area (TPSA) is 71.7 Å². The molecule has 88 valence electrons. The highest BCUT2D eigenvalue weighted by Crippen LogP contribution is 2.12. The van der Waals surface area contributed by atoms with Gasteiger partial charge in [0.05, 0.1) is 13.2 Å². The van der Waals surface area contributed by atoms with Crippen LogP contribution in [0.2, 0.25) is 0 Å². The van der Waals surface area contributed by atoms with Crippen molar-refractivity contribution < 1.29 is 19.1 Å². The van der Waals surface area contributed by atoms with Crippen LogP contribution in [-0.2, 0) is 4.74 Å². The Kier molecular flexibility index (Phi) is 4.60. The van der Waals surface area contributed by atoms with Gasteiger partial charge in [-0.15, -0.1) is 0 Å². The number of anilines is 1. The number of aromatic carboxylic acids is 1. The summed E-state index contributed by atoms with van der Waals surface area (Å²) in [4.78, 5) is 10.5. The van der Waals surface area contributed by atoms with Crippen molar-refractivity contribution in [1.82, 2.24) is 0 Å². The molecule has 0 aliphatic heterocycles. The number of carboxylic acid groups (broad SMARTS) is 1. The molecule has 5 heteroatoms. The minimum absolute atomic E-state index is 0.0784. The van der Waals surface area contributed by atoms with Crippen LogP contribution in [0.3, 0.4) is 0 Å². The van der Waals surface area contributed by atoms with E-state index in [9.17, 15) is 4.79 Å². The first-order valence-corrected chi connectivity index (χ1v) is 4.88. The molecule has 1 aromatic heterocycles. The van der Waals surface area contributed by atoms with Gasteiger partial charge in [-0.25, -0.2) is 4.79 Å². The summed E-state index contributed by atoms with van der Waals surface area (Å²) in [6, 6.07) is 2.97. The van der Waals surface area contributed by atoms with Gasteiger partial charge in [-0.3, -0.25) is 0 Å². The van der Waals surface area contributed by atoms with Crippen molar-refractivity contribution in [3.05, 3.63) is 30.0 Å². The number of carbonyl (C=O) groups is 1. The summed E-state index contributed by atoms with van der Waals surface area (Å²) in [5, 5.41) is 11.5. The normalized spacial score (nSPS) is 10.1. The first-order chi connectivity index (χ1) is 7.59. The number of furan rings is 1. The Balaban J connectivity index is 2.21. The average molecular weight is 225 g/mol. The highest BCUT2D eigenvalue weighted by molar-refractivity contribution is 5.84. The molecule has 1 aromatic rings. The minimum atomic E-state index is -1.08. The minimum Gasteiger partial charge on any atom is -0.475 e. The maximum Gasteiger partial charge on any atom is 0.371 e. The first-order valence-electron chi connectivity index (χ1n) is 4.88. The molecule has 0 bridgehead atoms. The molecule has 0 fully saturated rings. The fraction of sp³-hybridized carbons (Fsp3) is 0.364. The molecule has 0 spiro atoms. The van der Waals surface area contributed by atoms with E-state index in [-0.39, 0.29) is 5.76 Å². The average Bonchev–Trinajstić information content (AvgIpc) is 2.65. The lowest BCUT2D eigenvalue weighted by Gasteiger charge is -2.04. The van der Waals surface area contributed by atoms with Gasteiger partial charge in [0.15, 0.2) is 5.88 Å². The molecule has 0 saturated heterocycles. The van der Waals surface area contributed by atoms with Gasteiger partial charge in [0.1, 0.15) is 0 Å². The second-order valence-corrected chi connectivity index (χ2v) is 3.41. The van der Waals surface area contributed by atoms with Crippen molar-refractivity contribution in [2.45, 2.75) is 6.92 Å². The number of carboxylic acids is 1. The predicted molar refractivity (Wildman–Crippen MR) is 59.8 cm³/mol. The van der Waals surface area contributed by atoms with Gasteiger partial charge in [0.25, 0.3) is 0 Å². The Hall–Kier alpha value is -1.75. The largest absolute Gasteiger partial charge is 0.475 e. The molecule has 0 radical (unpaired) electrons. The van der Waals surface area contributed by atoms with Crippen molar-refractivity contribution >= 4 is 11.9 Å². The summed E-state index contributed by atoms with van der Waals surface area (Å²) < 4.78 is 10.2. The maximum atomic E-state index is 10.5. The van der Waals surface area contributed by atoms with E-state index in [4.69, 9.17) is 14.3 Å². The van der Waals surface area contributed by atoms with E-state index in [1.165, 1.54) is 6.07 Å². The molecule has 1 heterocycles. The number of hydrogen-bond acceptors (Lipinski definition) is 4. The van der Waals surface area contributed by atoms with Crippen molar-refractivity contribution in [2.24, 2.45) is 0 Å². The summed E-state index contributed by atoms with van der Waals surface area (Å²) in [6.45, 7) is 7.19. The van der Waals surface area contributed by atoms with E-state index >= 15 is 0 Å². The van der Waals surface area contributed by atoms with Gasteiger partial charge in [-0.1, -0.05) is 12.2 Å². The van der Waals surface area contributed by atoms with E-state index in [1.807, 2.05) is 6.92 Å². The molecular formula is C11H15NO4. The van der Waals surface area contributed by atoms with Gasteiger partial charge in [-0.2, -0.15) is 0 Å². The van der Waals surface area contributed by atoms with E-state index in [0.717, 1.165) is 5.57 Å². The second-order valence-electron chi connectivity index (χ2n) is 3.41. The van der Waals surface area contributed by atoms with Gasteiger partial charge in [-0.05, 0) is 13.0 Å². The Morgan fingerprint density at radius 3 is 2.94 bits per heavy atom. The lowest BCUT2D eigenvalue weighted by molar-refractivity contribution is 0.0663. The zero-order valence-electron chi connectivity index (χ0n) is 9.16. The van der Waals surface area contributed by atoms with Gasteiger partial charge >= 0.3 is 5.97 Å². The molecule has 0 saturated carbocycles. The molecule has 0 atom stereocenters. The number of rotatable bonds is 7. The lowest BCUT2D eigenvalue weighted by atomic mass is 10.4. The number of hydrogen-bond donors (Lipinski definition) is 2. The van der Waals surface area contributed by atoms with Crippen molar-refractivity contribution in [2.75, 3.05) is 25.1 Å². The monoisotopic (exact) mass is 225 g/mol. The van der Waals surface area contributed by atoms with Crippen LogP contribution >= 0.6 is 0 Å². The maximum absolute atomic E-state index is 10.5. The zero-order chi connectivity index (χ0) is 12.0. The zero-order valence-corrected chi connectivity index (χ0v) is 9.16. The molecule has 0 unspecified atom stereocenters. The highest BCUT2D eigenvalue weighted by atomic mass is 16.5. The molecule has 0 aliphatic rings. The smallest absolute Gasteiger partial charge is 0.371 e. The molecule has 0 aliphatic carbocycles. The quantitative estimate of drug-likeness (QED) is 0.548. The van der Waals surface area contributed by atoms with Crippen LogP contribution < -0.4 is 5.32 Å². The van der Waals surface area contributed by atoms with Crippen molar-refractivity contribution in [3.8, 4) is 0 Å². The van der Waals surface area contributed by atoms with Crippen LogP contribution in [-0.4, -0.2) is 30.8 Å². The molecule has 0 aromatic carbocycles. The van der Waals surface area contributed by atoms with Crippen LogP contribution in [0.15, 0.2) is 28.7 Å². The van der Waals surface area contributed by atoms with E-state index < -0.39 is 5.97 Å². The standard InChI is InChI=1S/C11H15NO4/c1-8(2)7-15-6-5-12-10-4-3-9(16-10)11(13)14/h3-4,12H,1,5-7H2,2H3,(H,13,14). The van der Waals surface area contributed by atoms with Crippen LogP contribution in [0.1, 0.15) is 17.5 Å². The highest BCUT2D eigenvalue weighted by Gasteiger charge is 2.07. The molecule has 5 nitrogen and oxygen atoms in total. The summed E-state index contributed by atoms with van der Waals surface area (Å²) >= 11 is 0. The predicted octanol–water partition coefficient (Wildman–Crippen LogP) is 1.98. The van der Waals surface area contributed by atoms with Crippen LogP contribution in [0.5, 0.6) is 0 Å². The molecular weight excluding hydrogens is 210 g/mol. The molecule has 2 N–H and O–H groups in total. The molecule has 0 amide bonds. The van der Waals surface area contributed by atoms with E-state index in [1.54, 1.807) is 6.07 Å². The number of ether oxygens (including phenoxy) is 1. The van der Waals surface area contributed by atoms with Gasteiger partial charge in [0.2, 0.25) is 5.76 Å². The van der Waals surface area contributed by atoms with E-state index in [2.05, 4.69) is 11.9 Å². The van der Waals surface area contributed by atoms with Gasteiger partial charge in [0, 0.05) is 12.6 Å². The third-order valence-corrected chi connectivity index (χ3v) is 1.71. The lowest BCUT2D eigenvalue weighted by Crippen LogP contribution is -2.09. The summed E-state index contributed by atoms with van der Waals surface area (Å²) in [6.07, 6.45) is 0. The Morgan fingerprint density at radius 1 is 1.62 bits per heavy atom. The van der Waals surface area contributed by atoms with E-state index in [0.29, 0.717) is 25.6 Å². The summed E-state index contributed by atoms with van der Waals surface area (Å²) in [7, 11) is 0. The molecule has 16 heavy (non-hydrogen) atoms. The summed E-state index contributed by atoms with van der Waals surface area (Å²) in [5.74, 6) is -0.728. The van der Waals surface area contributed by atoms with Gasteiger partial charge < -0.3 is 19.6 Å². The third kappa shape index (κ3) is 4.18. The fourth-order valence-electron chi connectivity index (χ4n) is 1.04. The Labute approximate surface area is 93.7 Å². The second kappa shape index (κ2) is 5.97. The van der Waals surface area contributed by atoms with Crippen LogP contribution in [0.25, 0.3) is 0 Å². The van der Waals surface area contributed by atoms with Crippen LogP contribution in [0.4, 0.5) is 5.88 Å². The van der Waals surface area contributed by atoms with Crippen molar-refractivity contribution in [1.29, 1.82) is 0 Å². The fourth-order valence-corrected chi connectivity index (χ4v) is 1.04. The third-order valence-electron chi connectivity index (χ3n) is 1.71. The van der Waals surface area contributed by atoms with Crippen LogP contribution in [0, 0.1) is 0 Å². The first kappa shape index (κ1) is 12.3. The summed E-state index contributed by atoms with van der Waals surface area (Å²) in [5.41, 5.74) is 0.964. The van der Waals surface area contributed by atoms with Crippen molar-refractivity contribution in [3.63, 3.8) is 0 Å². The number of nitrogens with one attached hydrogen (secondary N) is 1. The SMILES string of the molecule is C=C(C)COCCNc1ccc(C(=O)O)o1.